The Bertz CT molecular complexity index is 35.9. The SMILES string of the molecule is O.O=S(Cl)Cl.[Cl][Cu]. The first-order chi connectivity index (χ1) is 2.73. The Kier molecular flexibility index (Phi) is 35.3. The first-order valence-corrected chi connectivity index (χ1v) is 4.69. The van der Waals surface area contributed by atoms with E-state index in [9.17, 15) is 0 Å². The average molecular weight is 236 g/mol. The van der Waals surface area contributed by atoms with Crippen LogP contribution in [0.3, 0.4) is 0 Å². The molecule has 7 heteroatoms. The minimum absolute atomic E-state index is 0. The van der Waals surface area contributed by atoms with Gasteiger partial charge in [-0.15, -0.1) is 0 Å². The Labute approximate surface area is 65.3 Å². The summed E-state index contributed by atoms with van der Waals surface area (Å²) in [6, 6.07) is 0. The molecule has 0 aromatic heterocycles. The summed E-state index contributed by atoms with van der Waals surface area (Å²) in [5.74, 6) is 0. The van der Waals surface area contributed by atoms with Crippen LogP contribution in [-0.4, -0.2) is 9.69 Å². The second-order valence-electron chi connectivity index (χ2n) is 0.184. The molecule has 2 N–H and O–H groups in total. The van der Waals surface area contributed by atoms with E-state index in [-0.39, 0.29) is 5.48 Å². The van der Waals surface area contributed by atoms with Crippen LogP contribution in [0, 0.1) is 0 Å². The fraction of sp³-hybridized carbons (Fsp3) is 0. The van der Waals surface area contributed by atoms with E-state index in [4.69, 9.17) is 4.21 Å². The van der Waals surface area contributed by atoms with Crippen molar-refractivity contribution >= 4 is 40.7 Å². The van der Waals surface area contributed by atoms with Gasteiger partial charge in [0.2, 0.25) is 9.23 Å². The fourth-order valence-electron chi connectivity index (χ4n) is 0. The van der Waals surface area contributed by atoms with E-state index >= 15 is 0 Å². The summed E-state index contributed by atoms with van der Waals surface area (Å²) in [7, 11) is 11.6. The van der Waals surface area contributed by atoms with Crippen LogP contribution in [0.5, 0.6) is 0 Å². The monoisotopic (exact) mass is 234 g/mol. The number of hydrogen-bond donors (Lipinski definition) is 0. The third kappa shape index (κ3) is 101. The molecular formula is H2Cl3CuO2S. The number of hydrogen-bond acceptors (Lipinski definition) is 1. The van der Waals surface area contributed by atoms with Crippen molar-refractivity contribution < 1.29 is 24.8 Å². The van der Waals surface area contributed by atoms with Gasteiger partial charge in [-0.2, -0.15) is 0 Å². The van der Waals surface area contributed by atoms with E-state index in [1.54, 1.807) is 0 Å². The molecule has 0 amide bonds. The first-order valence-electron chi connectivity index (χ1n) is 0.589. The Morgan fingerprint density at radius 1 is 1.29 bits per heavy atom. The zero-order valence-electron chi connectivity index (χ0n) is 2.75. The van der Waals surface area contributed by atoms with Gasteiger partial charge < -0.3 is 5.48 Å². The second-order valence-corrected chi connectivity index (χ2v) is 2.71. The zero-order chi connectivity index (χ0) is 5.58. The van der Waals surface area contributed by atoms with E-state index in [0.29, 0.717) is 0 Å². The third-order valence-corrected chi connectivity index (χ3v) is 0. The predicted molar refractivity (Wildman–Crippen MR) is 29.3 cm³/mol. The van der Waals surface area contributed by atoms with Gasteiger partial charge in [0.25, 0.3) is 0 Å². The van der Waals surface area contributed by atoms with Crippen molar-refractivity contribution in [2.75, 3.05) is 0 Å². The molecule has 0 aliphatic heterocycles. The molecule has 0 aliphatic rings. The van der Waals surface area contributed by atoms with Gasteiger partial charge in [0.05, 0.1) is 0 Å². The predicted octanol–water partition coefficient (Wildman–Crippen LogP) is 0.905. The summed E-state index contributed by atoms with van der Waals surface area (Å²) in [6.07, 6.45) is 0. The van der Waals surface area contributed by atoms with Crippen LogP contribution in [0.1, 0.15) is 0 Å². The molecule has 0 rings (SSSR count). The topological polar surface area (TPSA) is 48.6 Å². The quantitative estimate of drug-likeness (QED) is 0.455. The summed E-state index contributed by atoms with van der Waals surface area (Å²) in [5.41, 5.74) is 0. The molecule has 0 radical (unpaired) electrons. The van der Waals surface area contributed by atoms with Crippen molar-refractivity contribution in [2.24, 2.45) is 0 Å². The molecule has 0 heterocycles. The summed E-state index contributed by atoms with van der Waals surface area (Å²) < 4.78 is 9.09. The zero-order valence-corrected chi connectivity index (χ0v) is 6.78. The van der Waals surface area contributed by atoms with Crippen LogP contribution in [0.25, 0.3) is 0 Å². The molecular weight excluding hydrogens is 234 g/mol. The maximum absolute atomic E-state index is 9.09. The Morgan fingerprint density at radius 3 is 1.29 bits per heavy atom. The van der Waals surface area contributed by atoms with Gasteiger partial charge in [-0.1, -0.05) is 0 Å². The van der Waals surface area contributed by atoms with Gasteiger partial charge in [0.1, 0.15) is 0 Å². The third-order valence-electron chi connectivity index (χ3n) is 0. The molecule has 0 aliphatic carbocycles. The van der Waals surface area contributed by atoms with Crippen molar-refractivity contribution in [3.63, 3.8) is 0 Å². The van der Waals surface area contributed by atoms with Gasteiger partial charge in [0, 0.05) is 21.4 Å². The molecule has 0 aromatic carbocycles. The van der Waals surface area contributed by atoms with E-state index in [2.05, 4.69) is 46.6 Å². The van der Waals surface area contributed by atoms with Gasteiger partial charge in [0.15, 0.2) is 0 Å². The standard InChI is InChI=1S/Cl2OS.ClH.Cu.H2O/c1-4(2)3;;;/h;1H;;1H2/q;;+1;/p-1. The van der Waals surface area contributed by atoms with Crippen LogP contribution < -0.4 is 0 Å². The van der Waals surface area contributed by atoms with Crippen LogP contribution >= 0.6 is 31.5 Å². The Balaban J connectivity index is -0.0000000480. The van der Waals surface area contributed by atoms with Crippen LogP contribution in [0.2, 0.25) is 0 Å². The number of halogens is 3. The number of rotatable bonds is 0. The summed E-state index contributed by atoms with van der Waals surface area (Å²) >= 11 is 3.66. The molecule has 52 valence electrons. The van der Waals surface area contributed by atoms with Gasteiger partial charge in [-0.3, -0.25) is 0 Å². The van der Waals surface area contributed by atoms with Gasteiger partial charge in [-0.25, -0.2) is 4.21 Å². The van der Waals surface area contributed by atoms with Crippen molar-refractivity contribution in [3.05, 3.63) is 0 Å². The molecule has 0 saturated carbocycles. The van der Waals surface area contributed by atoms with Crippen molar-refractivity contribution in [1.29, 1.82) is 0 Å². The summed E-state index contributed by atoms with van der Waals surface area (Å²) in [4.78, 5) is 0. The molecule has 0 fully saturated rings. The van der Waals surface area contributed by atoms with E-state index in [0.717, 1.165) is 0 Å². The maximum atomic E-state index is 9.09. The normalized spacial score (nSPS) is 6.00. The van der Waals surface area contributed by atoms with Crippen molar-refractivity contribution in [1.82, 2.24) is 0 Å². The van der Waals surface area contributed by atoms with Crippen molar-refractivity contribution in [3.8, 4) is 0 Å². The van der Waals surface area contributed by atoms with E-state index in [1.807, 2.05) is 0 Å². The van der Waals surface area contributed by atoms with Crippen molar-refractivity contribution in [2.45, 2.75) is 0 Å². The minimum atomic E-state index is -1.67. The van der Waals surface area contributed by atoms with Gasteiger partial charge >= 0.3 is 25.2 Å². The first kappa shape index (κ1) is 15.8. The van der Waals surface area contributed by atoms with Crippen LogP contribution in [-0.2, 0) is 24.3 Å². The average Bonchev–Trinajstić information content (AvgIpc) is 1.41. The summed E-state index contributed by atoms with van der Waals surface area (Å²) in [5, 5.41) is 0. The molecule has 2 nitrogen and oxygen atoms in total. The van der Waals surface area contributed by atoms with Crippen LogP contribution in [0.4, 0.5) is 0 Å². The molecule has 0 saturated heterocycles. The molecule has 0 unspecified atom stereocenters. The summed E-state index contributed by atoms with van der Waals surface area (Å²) in [6.45, 7) is 0. The van der Waals surface area contributed by atoms with E-state index in [1.165, 1.54) is 0 Å². The van der Waals surface area contributed by atoms with E-state index < -0.39 is 9.23 Å². The molecule has 0 atom stereocenters. The Hall–Kier alpha value is 1.50. The fourth-order valence-corrected chi connectivity index (χ4v) is 0. The van der Waals surface area contributed by atoms with Crippen LogP contribution in [0.15, 0.2) is 0 Å². The van der Waals surface area contributed by atoms with Gasteiger partial charge in [-0.05, 0) is 0 Å². The molecule has 0 spiro atoms. The molecule has 7 heavy (non-hydrogen) atoms. The molecule has 0 aromatic rings. The Morgan fingerprint density at radius 2 is 1.29 bits per heavy atom. The second kappa shape index (κ2) is 15.6. The molecule has 0 bridgehead atoms.